The van der Waals surface area contributed by atoms with Crippen molar-refractivity contribution in [3.05, 3.63) is 58.1 Å². The van der Waals surface area contributed by atoms with Crippen molar-refractivity contribution in [2.45, 2.75) is 11.3 Å². The molecule has 0 bridgehead atoms. The first kappa shape index (κ1) is 16.0. The molecule has 10 heteroatoms. The van der Waals surface area contributed by atoms with E-state index in [1.807, 2.05) is 0 Å². The van der Waals surface area contributed by atoms with E-state index in [9.17, 15) is 18.5 Å². The Kier molecular flexibility index (Phi) is 4.23. The average molecular weight is 347 g/mol. The molecule has 1 heterocycles. The van der Waals surface area contributed by atoms with Gasteiger partial charge in [0.15, 0.2) is 0 Å². The molecule has 0 fully saturated rings. The second-order valence-electron chi connectivity index (χ2n) is 5.04. The molecule has 0 aliphatic rings. The highest BCUT2D eigenvalue weighted by Gasteiger charge is 2.18. The number of hydrogen-bond donors (Lipinski definition) is 2. The van der Waals surface area contributed by atoms with Gasteiger partial charge in [0.1, 0.15) is 10.4 Å². The molecule has 3 aromatic rings. The summed E-state index contributed by atoms with van der Waals surface area (Å²) in [6.45, 7) is 0.161. The quantitative estimate of drug-likeness (QED) is 0.512. The molecule has 2 aromatic carbocycles. The molecule has 9 nitrogen and oxygen atoms in total. The molecule has 0 saturated carbocycles. The number of nitrogens with one attached hydrogen (secondary N) is 2. The van der Waals surface area contributed by atoms with Crippen LogP contribution in [0.5, 0.6) is 0 Å². The number of sulfonamides is 1. The number of aromatic nitrogens is 3. The molecule has 1 aromatic heterocycles. The van der Waals surface area contributed by atoms with E-state index in [1.165, 1.54) is 18.2 Å². The van der Waals surface area contributed by atoms with Crippen molar-refractivity contribution < 1.29 is 13.3 Å². The Balaban J connectivity index is 1.69. The Morgan fingerprint density at radius 2 is 1.92 bits per heavy atom. The highest BCUT2D eigenvalue weighted by Crippen LogP contribution is 2.18. The van der Waals surface area contributed by atoms with Gasteiger partial charge in [-0.3, -0.25) is 15.2 Å². The number of fused-ring (bicyclic) bond motifs is 1. The zero-order chi connectivity index (χ0) is 17.2. The molecule has 0 aliphatic carbocycles. The Morgan fingerprint density at radius 3 is 2.62 bits per heavy atom. The third kappa shape index (κ3) is 3.24. The Labute approximate surface area is 136 Å². The second-order valence-corrected chi connectivity index (χ2v) is 6.77. The number of aromatic amines is 1. The van der Waals surface area contributed by atoms with Crippen LogP contribution in [0.25, 0.3) is 11.0 Å². The van der Waals surface area contributed by atoms with Gasteiger partial charge in [0.25, 0.3) is 5.69 Å². The van der Waals surface area contributed by atoms with Crippen LogP contribution in [0, 0.1) is 10.1 Å². The minimum Gasteiger partial charge on any atom is -0.258 e. The number of H-pyrrole nitrogens is 1. The lowest BCUT2D eigenvalue weighted by Crippen LogP contribution is -2.26. The lowest BCUT2D eigenvalue weighted by atomic mass is 10.1. The predicted molar refractivity (Wildman–Crippen MR) is 85.9 cm³/mol. The van der Waals surface area contributed by atoms with E-state index >= 15 is 0 Å². The fourth-order valence-electron chi connectivity index (χ4n) is 2.25. The van der Waals surface area contributed by atoms with Crippen molar-refractivity contribution in [1.29, 1.82) is 0 Å². The van der Waals surface area contributed by atoms with Crippen LogP contribution in [-0.2, 0) is 16.4 Å². The molecule has 3 rings (SSSR count). The molecule has 2 N–H and O–H groups in total. The van der Waals surface area contributed by atoms with E-state index in [0.717, 1.165) is 5.56 Å². The summed E-state index contributed by atoms with van der Waals surface area (Å²) in [4.78, 5) is 10.2. The van der Waals surface area contributed by atoms with Crippen LogP contribution in [0.2, 0.25) is 0 Å². The van der Waals surface area contributed by atoms with Crippen molar-refractivity contribution >= 4 is 26.7 Å². The number of hydrogen-bond acceptors (Lipinski definition) is 6. The largest absolute Gasteiger partial charge is 0.269 e. The van der Waals surface area contributed by atoms with Crippen LogP contribution < -0.4 is 4.72 Å². The first-order chi connectivity index (χ1) is 11.5. The minimum absolute atomic E-state index is 0.00274. The van der Waals surface area contributed by atoms with Gasteiger partial charge >= 0.3 is 0 Å². The molecule has 0 unspecified atom stereocenters. The van der Waals surface area contributed by atoms with E-state index in [0.29, 0.717) is 11.9 Å². The van der Waals surface area contributed by atoms with Gasteiger partial charge < -0.3 is 0 Å². The Morgan fingerprint density at radius 1 is 1.17 bits per heavy atom. The smallest absolute Gasteiger partial charge is 0.258 e. The topological polar surface area (TPSA) is 131 Å². The lowest BCUT2D eigenvalue weighted by Gasteiger charge is -2.07. The summed E-state index contributed by atoms with van der Waals surface area (Å²) in [6, 6.07) is 10.7. The molecular formula is C14H13N5O4S. The van der Waals surface area contributed by atoms with E-state index in [-0.39, 0.29) is 22.6 Å². The van der Waals surface area contributed by atoms with Gasteiger partial charge in [-0.2, -0.15) is 0 Å². The molecule has 0 spiro atoms. The first-order valence-electron chi connectivity index (χ1n) is 7.00. The van der Waals surface area contributed by atoms with Crippen molar-refractivity contribution in [2.24, 2.45) is 0 Å². The second kappa shape index (κ2) is 6.34. The van der Waals surface area contributed by atoms with E-state index in [1.54, 1.807) is 24.3 Å². The van der Waals surface area contributed by atoms with Crippen LogP contribution in [0.4, 0.5) is 5.69 Å². The first-order valence-corrected chi connectivity index (χ1v) is 8.48. The average Bonchev–Trinajstić information content (AvgIpc) is 3.03. The fourth-order valence-corrected chi connectivity index (χ4v) is 3.44. The maximum absolute atomic E-state index is 12.4. The van der Waals surface area contributed by atoms with E-state index in [2.05, 4.69) is 20.1 Å². The summed E-state index contributed by atoms with van der Waals surface area (Å²) in [5, 5.41) is 20.6. The number of rotatable bonds is 6. The van der Waals surface area contributed by atoms with Crippen LogP contribution in [-0.4, -0.2) is 35.3 Å². The SMILES string of the molecule is O=[N+]([O-])c1ccc(CCNS(=O)(=O)c2cccc3[nH]nnc23)cc1. The Bertz CT molecular complexity index is 982. The summed E-state index contributed by atoms with van der Waals surface area (Å²) in [7, 11) is -3.73. The Hall–Kier alpha value is -2.85. The monoisotopic (exact) mass is 347 g/mol. The zero-order valence-corrected chi connectivity index (χ0v) is 13.2. The van der Waals surface area contributed by atoms with Crippen LogP contribution in [0.1, 0.15) is 5.56 Å². The molecule has 0 amide bonds. The van der Waals surface area contributed by atoms with Gasteiger partial charge in [0, 0.05) is 18.7 Å². The van der Waals surface area contributed by atoms with E-state index in [4.69, 9.17) is 0 Å². The normalized spacial score (nSPS) is 11.7. The highest BCUT2D eigenvalue weighted by molar-refractivity contribution is 7.89. The van der Waals surface area contributed by atoms with Crippen LogP contribution in [0.3, 0.4) is 0 Å². The number of benzene rings is 2. The molecule has 0 aliphatic heterocycles. The van der Waals surface area contributed by atoms with E-state index < -0.39 is 14.9 Å². The van der Waals surface area contributed by atoms with Crippen molar-refractivity contribution in [2.75, 3.05) is 6.54 Å². The standard InChI is InChI=1S/C14H13N5O4S/c20-19(21)11-6-4-10(5-7-11)8-9-15-24(22,23)13-3-1-2-12-14(13)17-18-16-12/h1-7,15H,8-9H2,(H,16,17,18). The van der Waals surface area contributed by atoms with Gasteiger partial charge in [0.2, 0.25) is 10.0 Å². The maximum Gasteiger partial charge on any atom is 0.269 e. The summed E-state index contributed by atoms with van der Waals surface area (Å²) < 4.78 is 27.3. The highest BCUT2D eigenvalue weighted by atomic mass is 32.2. The summed E-state index contributed by atoms with van der Waals surface area (Å²) in [5.41, 5.74) is 1.61. The van der Waals surface area contributed by atoms with Crippen LogP contribution in [0.15, 0.2) is 47.4 Å². The maximum atomic E-state index is 12.4. The molecule has 0 radical (unpaired) electrons. The minimum atomic E-state index is -3.73. The molecular weight excluding hydrogens is 334 g/mol. The molecule has 124 valence electrons. The van der Waals surface area contributed by atoms with Gasteiger partial charge in [-0.1, -0.05) is 23.4 Å². The summed E-state index contributed by atoms with van der Waals surface area (Å²) >= 11 is 0. The predicted octanol–water partition coefficient (Wildman–Crippen LogP) is 1.39. The third-order valence-electron chi connectivity index (χ3n) is 3.46. The van der Waals surface area contributed by atoms with Crippen molar-refractivity contribution in [3.8, 4) is 0 Å². The summed E-state index contributed by atoms with van der Waals surface area (Å²) in [6.07, 6.45) is 0.409. The number of nitro benzene ring substituents is 1. The number of nitro groups is 1. The fraction of sp³-hybridized carbons (Fsp3) is 0.143. The lowest BCUT2D eigenvalue weighted by molar-refractivity contribution is -0.384. The molecule has 0 saturated heterocycles. The number of nitrogens with zero attached hydrogens (tertiary/aromatic N) is 3. The number of non-ortho nitro benzene ring substituents is 1. The van der Waals surface area contributed by atoms with Gasteiger partial charge in [-0.05, 0) is 24.1 Å². The van der Waals surface area contributed by atoms with Gasteiger partial charge in [-0.25, -0.2) is 13.1 Å². The molecule has 24 heavy (non-hydrogen) atoms. The molecule has 0 atom stereocenters. The van der Waals surface area contributed by atoms with Crippen molar-refractivity contribution in [1.82, 2.24) is 20.1 Å². The summed E-state index contributed by atoms with van der Waals surface area (Å²) in [5.74, 6) is 0. The zero-order valence-electron chi connectivity index (χ0n) is 12.3. The van der Waals surface area contributed by atoms with Gasteiger partial charge in [0.05, 0.1) is 10.4 Å². The van der Waals surface area contributed by atoms with Crippen LogP contribution >= 0.6 is 0 Å². The third-order valence-corrected chi connectivity index (χ3v) is 4.95. The van der Waals surface area contributed by atoms with Crippen molar-refractivity contribution in [3.63, 3.8) is 0 Å². The van der Waals surface area contributed by atoms with Gasteiger partial charge in [-0.15, -0.1) is 5.10 Å².